The first-order valence-electron chi connectivity index (χ1n) is 12.6. The van der Waals surface area contributed by atoms with Gasteiger partial charge >= 0.3 is 6.01 Å². The van der Waals surface area contributed by atoms with E-state index < -0.39 is 5.91 Å². The fourth-order valence-electron chi connectivity index (χ4n) is 4.98. The molecule has 3 N–H and O–H groups in total. The average molecular weight is 502 g/mol. The van der Waals surface area contributed by atoms with Crippen molar-refractivity contribution >= 4 is 28.2 Å². The first-order chi connectivity index (χ1) is 18.0. The molecule has 10 heteroatoms. The summed E-state index contributed by atoms with van der Waals surface area (Å²) in [5.41, 5.74) is 0.662. The molecule has 3 aromatic rings. The fraction of sp³-hybridized carbons (Fsp3) is 0.407. The van der Waals surface area contributed by atoms with Gasteiger partial charge < -0.3 is 30.3 Å². The Morgan fingerprint density at radius 1 is 1.27 bits per heavy atom. The smallest absolute Gasteiger partial charge is 0.319 e. The number of nitrogens with one attached hydrogen (secondary N) is 2. The summed E-state index contributed by atoms with van der Waals surface area (Å²) in [5.74, 6) is 0.220. The molecule has 3 heterocycles. The third-order valence-corrected chi connectivity index (χ3v) is 7.01. The summed E-state index contributed by atoms with van der Waals surface area (Å²) in [5, 5.41) is 27.2. The number of nitrogens with zero attached hydrogens (tertiary/aromatic N) is 5. The van der Waals surface area contributed by atoms with Gasteiger partial charge in [-0.2, -0.15) is 15.2 Å². The van der Waals surface area contributed by atoms with Crippen LogP contribution in [0.5, 0.6) is 11.8 Å². The van der Waals surface area contributed by atoms with E-state index in [0.29, 0.717) is 44.2 Å². The summed E-state index contributed by atoms with van der Waals surface area (Å²) in [6.45, 7) is 3.45. The molecule has 1 amide bonds. The van der Waals surface area contributed by atoms with Crippen molar-refractivity contribution in [3.8, 4) is 17.8 Å². The van der Waals surface area contributed by atoms with E-state index in [2.05, 4.69) is 43.5 Å². The monoisotopic (exact) mass is 501 g/mol. The van der Waals surface area contributed by atoms with Gasteiger partial charge in [0.2, 0.25) is 0 Å². The highest BCUT2D eigenvalue weighted by molar-refractivity contribution is 6.09. The lowest BCUT2D eigenvalue weighted by molar-refractivity contribution is 0.102. The molecule has 2 aliphatic rings. The molecule has 2 fully saturated rings. The maximum Gasteiger partial charge on any atom is 0.319 e. The first kappa shape index (κ1) is 24.7. The van der Waals surface area contributed by atoms with Crippen LogP contribution in [0.25, 0.3) is 10.8 Å². The molecular formula is C27H31N7O3. The summed E-state index contributed by atoms with van der Waals surface area (Å²) >= 11 is 0. The fourth-order valence-corrected chi connectivity index (χ4v) is 4.98. The number of ether oxygens (including phenoxy) is 1. The number of nitriles is 1. The van der Waals surface area contributed by atoms with Gasteiger partial charge in [0, 0.05) is 49.2 Å². The van der Waals surface area contributed by atoms with Gasteiger partial charge in [-0.1, -0.05) is 24.3 Å². The minimum Gasteiger partial charge on any atom is -0.508 e. The van der Waals surface area contributed by atoms with Crippen molar-refractivity contribution < 1.29 is 14.6 Å². The molecule has 0 unspecified atom stereocenters. The second-order valence-corrected chi connectivity index (χ2v) is 9.61. The molecular weight excluding hydrogens is 470 g/mol. The predicted octanol–water partition coefficient (Wildman–Crippen LogP) is 2.75. The Morgan fingerprint density at radius 2 is 2.14 bits per heavy atom. The second-order valence-electron chi connectivity index (χ2n) is 9.61. The summed E-state index contributed by atoms with van der Waals surface area (Å²) in [6.07, 6.45) is 2.55. The Balaban J connectivity index is 1.43. The van der Waals surface area contributed by atoms with E-state index in [1.165, 1.54) is 6.07 Å². The average Bonchev–Trinajstić information content (AvgIpc) is 3.32. The van der Waals surface area contributed by atoms with E-state index in [0.717, 1.165) is 30.2 Å². The Kier molecular flexibility index (Phi) is 7.35. The number of likely N-dealkylation sites (N-methyl/N-ethyl adjacent to an activating group) is 1. The lowest BCUT2D eigenvalue weighted by Gasteiger charge is -2.33. The van der Waals surface area contributed by atoms with Crippen molar-refractivity contribution in [1.29, 1.82) is 5.26 Å². The van der Waals surface area contributed by atoms with E-state index >= 15 is 0 Å². The topological polar surface area (TPSA) is 127 Å². The number of rotatable bonds is 7. The van der Waals surface area contributed by atoms with Gasteiger partial charge in [-0.15, -0.1) is 0 Å². The summed E-state index contributed by atoms with van der Waals surface area (Å²) in [7, 11) is 2.08. The molecule has 1 aromatic heterocycles. The number of carbonyl (C=O) groups excluding carboxylic acids is 1. The molecule has 2 aromatic carbocycles. The van der Waals surface area contributed by atoms with Crippen LogP contribution in [-0.2, 0) is 0 Å². The number of piperazine rings is 1. The minimum atomic E-state index is -0.425. The highest BCUT2D eigenvalue weighted by Crippen LogP contribution is 2.29. The van der Waals surface area contributed by atoms with Gasteiger partial charge in [-0.25, -0.2) is 0 Å². The van der Waals surface area contributed by atoms with Crippen LogP contribution in [0.2, 0.25) is 0 Å². The molecule has 10 nitrogen and oxygen atoms in total. The minimum absolute atomic E-state index is 0.0150. The number of hydrogen-bond acceptors (Lipinski definition) is 9. The largest absolute Gasteiger partial charge is 0.508 e. The number of phenols is 1. The maximum atomic E-state index is 13.4. The van der Waals surface area contributed by atoms with Crippen molar-refractivity contribution in [3.63, 3.8) is 0 Å². The first-order valence-corrected chi connectivity index (χ1v) is 12.6. The lowest BCUT2D eigenvalue weighted by Crippen LogP contribution is -2.51. The molecule has 2 atom stereocenters. The van der Waals surface area contributed by atoms with Crippen LogP contribution in [-0.4, -0.2) is 77.8 Å². The van der Waals surface area contributed by atoms with E-state index in [9.17, 15) is 9.90 Å². The third kappa shape index (κ3) is 5.74. The number of hydrogen-bond donors (Lipinski definition) is 3. The standard InChI is InChI=1S/C27H31N7O3/c1-33-11-4-6-20(33)17-37-27-31-24(15-25(32-27)34-12-10-29-19(16-34)8-9-28)26(36)30-23-14-21(35)13-18-5-2-3-7-22(18)23/h2-3,5,7,13-15,19-20,29,35H,4,6,8,10-12,16-17H2,1H3,(H,30,36)/t19-,20+/m0/s1. The van der Waals surface area contributed by atoms with E-state index in [1.54, 1.807) is 12.1 Å². The zero-order chi connectivity index (χ0) is 25.8. The Hall–Kier alpha value is -3.94. The summed E-state index contributed by atoms with van der Waals surface area (Å²) in [4.78, 5) is 26.8. The number of aromatic nitrogens is 2. The molecule has 0 bridgehead atoms. The molecule has 0 radical (unpaired) electrons. The lowest BCUT2D eigenvalue weighted by atomic mass is 10.1. The number of fused-ring (bicyclic) bond motifs is 1. The van der Waals surface area contributed by atoms with E-state index in [1.807, 2.05) is 24.3 Å². The van der Waals surface area contributed by atoms with Gasteiger partial charge in [-0.05, 0) is 37.9 Å². The van der Waals surface area contributed by atoms with Crippen LogP contribution in [0.15, 0.2) is 42.5 Å². The zero-order valence-electron chi connectivity index (χ0n) is 20.9. The highest BCUT2D eigenvalue weighted by atomic mass is 16.5. The van der Waals surface area contributed by atoms with Crippen LogP contribution in [0.1, 0.15) is 29.8 Å². The van der Waals surface area contributed by atoms with Gasteiger partial charge in [-0.3, -0.25) is 4.79 Å². The molecule has 0 spiro atoms. The van der Waals surface area contributed by atoms with Crippen molar-refractivity contribution in [2.75, 3.05) is 50.1 Å². The molecule has 192 valence electrons. The van der Waals surface area contributed by atoms with E-state index in [-0.39, 0.29) is 29.5 Å². The third-order valence-electron chi connectivity index (χ3n) is 7.01. The number of carbonyl (C=O) groups is 1. The van der Waals surface area contributed by atoms with Crippen LogP contribution in [0.3, 0.4) is 0 Å². The van der Waals surface area contributed by atoms with Crippen molar-refractivity contribution in [3.05, 3.63) is 48.2 Å². The Morgan fingerprint density at radius 3 is 2.95 bits per heavy atom. The van der Waals surface area contributed by atoms with E-state index in [4.69, 9.17) is 10.00 Å². The number of benzene rings is 2. The van der Waals surface area contributed by atoms with Gasteiger partial charge in [0.1, 0.15) is 23.9 Å². The van der Waals surface area contributed by atoms with Crippen LogP contribution in [0.4, 0.5) is 11.5 Å². The molecule has 37 heavy (non-hydrogen) atoms. The maximum absolute atomic E-state index is 13.4. The molecule has 0 saturated carbocycles. The predicted molar refractivity (Wildman–Crippen MR) is 141 cm³/mol. The number of phenolic OH excluding ortho intramolecular Hbond substituents is 1. The normalized spacial score (nSPS) is 20.1. The van der Waals surface area contributed by atoms with Crippen LogP contribution >= 0.6 is 0 Å². The van der Waals surface area contributed by atoms with Gasteiger partial charge in [0.25, 0.3) is 5.91 Å². The summed E-state index contributed by atoms with van der Waals surface area (Å²) < 4.78 is 6.02. The molecule has 2 saturated heterocycles. The van der Waals surface area contributed by atoms with Crippen LogP contribution in [0, 0.1) is 11.3 Å². The highest BCUT2D eigenvalue weighted by Gasteiger charge is 2.25. The Bertz CT molecular complexity index is 1330. The van der Waals surface area contributed by atoms with Crippen molar-refractivity contribution in [1.82, 2.24) is 20.2 Å². The molecule has 0 aliphatic carbocycles. The number of likely N-dealkylation sites (tertiary alicyclic amines) is 1. The number of aromatic hydroxyl groups is 1. The zero-order valence-corrected chi connectivity index (χ0v) is 20.9. The molecule has 2 aliphatic heterocycles. The van der Waals surface area contributed by atoms with Gasteiger partial charge in [0.15, 0.2) is 0 Å². The van der Waals surface area contributed by atoms with Gasteiger partial charge in [0.05, 0.1) is 18.2 Å². The Labute approximate surface area is 215 Å². The quantitative estimate of drug-likeness (QED) is 0.448. The summed E-state index contributed by atoms with van der Waals surface area (Å²) in [6, 6.07) is 15.0. The SMILES string of the molecule is CN1CCC[C@@H]1COc1nc(C(=O)Nc2cc(O)cc3ccccc23)cc(N2CCN[C@@H](CC#N)C2)n1. The second kappa shape index (κ2) is 11.0. The molecule has 5 rings (SSSR count). The van der Waals surface area contributed by atoms with Crippen molar-refractivity contribution in [2.45, 2.75) is 31.3 Å². The van der Waals surface area contributed by atoms with Crippen LogP contribution < -0.4 is 20.3 Å². The number of amides is 1. The number of anilines is 2. The van der Waals surface area contributed by atoms with Crippen molar-refractivity contribution in [2.24, 2.45) is 0 Å².